The van der Waals surface area contributed by atoms with E-state index in [4.69, 9.17) is 0 Å². The third-order valence-electron chi connectivity index (χ3n) is 3.41. The van der Waals surface area contributed by atoms with Crippen LogP contribution in [0.25, 0.3) is 0 Å². The van der Waals surface area contributed by atoms with Gasteiger partial charge in [0.15, 0.2) is 0 Å². The topological polar surface area (TPSA) is 15.3 Å². The van der Waals surface area contributed by atoms with Gasteiger partial charge in [-0.2, -0.15) is 0 Å². The van der Waals surface area contributed by atoms with Gasteiger partial charge < -0.3 is 10.2 Å². The lowest BCUT2D eigenvalue weighted by molar-refractivity contribution is 0.503. The quantitative estimate of drug-likeness (QED) is 0.792. The standard InChI is InChI=1S/C16H28N2/c1-6-17-12-15-9-7-8-10-16(15)18(5)14(4)11-13(2)3/h7-10,13-14,17H,6,11-12H2,1-5H3. The van der Waals surface area contributed by atoms with Gasteiger partial charge in [-0.1, -0.05) is 39.0 Å². The fourth-order valence-corrected chi connectivity index (χ4v) is 2.34. The molecule has 0 heterocycles. The molecule has 0 saturated carbocycles. The molecule has 1 rings (SSSR count). The summed E-state index contributed by atoms with van der Waals surface area (Å²) < 4.78 is 0. The van der Waals surface area contributed by atoms with Crippen molar-refractivity contribution in [2.45, 2.75) is 46.7 Å². The number of nitrogens with one attached hydrogen (secondary N) is 1. The minimum absolute atomic E-state index is 0.577. The van der Waals surface area contributed by atoms with Crippen LogP contribution < -0.4 is 10.2 Å². The highest BCUT2D eigenvalue weighted by Crippen LogP contribution is 2.23. The molecule has 0 saturated heterocycles. The van der Waals surface area contributed by atoms with E-state index in [1.54, 1.807) is 0 Å². The Morgan fingerprint density at radius 3 is 2.44 bits per heavy atom. The lowest BCUT2D eigenvalue weighted by atomic mass is 10.0. The zero-order valence-electron chi connectivity index (χ0n) is 12.5. The van der Waals surface area contributed by atoms with Crippen LogP contribution in [0.3, 0.4) is 0 Å². The molecule has 0 aliphatic carbocycles. The first kappa shape index (κ1) is 15.0. The van der Waals surface area contributed by atoms with Crippen molar-refractivity contribution in [3.8, 4) is 0 Å². The normalized spacial score (nSPS) is 12.8. The highest BCUT2D eigenvalue weighted by Gasteiger charge is 2.14. The van der Waals surface area contributed by atoms with Gasteiger partial charge in [0.05, 0.1) is 0 Å². The van der Waals surface area contributed by atoms with Gasteiger partial charge in [-0.05, 0) is 37.4 Å². The predicted molar refractivity (Wildman–Crippen MR) is 81.1 cm³/mol. The molecule has 0 aromatic heterocycles. The number of anilines is 1. The van der Waals surface area contributed by atoms with E-state index in [0.717, 1.165) is 19.0 Å². The zero-order chi connectivity index (χ0) is 13.5. The van der Waals surface area contributed by atoms with Crippen molar-refractivity contribution in [2.75, 3.05) is 18.5 Å². The Labute approximate surface area is 112 Å². The predicted octanol–water partition coefficient (Wildman–Crippen LogP) is 3.67. The largest absolute Gasteiger partial charge is 0.372 e. The van der Waals surface area contributed by atoms with E-state index in [0.29, 0.717) is 6.04 Å². The summed E-state index contributed by atoms with van der Waals surface area (Å²) in [7, 11) is 2.21. The van der Waals surface area contributed by atoms with E-state index in [2.05, 4.69) is 69.2 Å². The van der Waals surface area contributed by atoms with Gasteiger partial charge in [0.25, 0.3) is 0 Å². The minimum Gasteiger partial charge on any atom is -0.372 e. The van der Waals surface area contributed by atoms with Crippen LogP contribution in [0, 0.1) is 5.92 Å². The molecule has 2 heteroatoms. The number of hydrogen-bond acceptors (Lipinski definition) is 2. The third kappa shape index (κ3) is 4.34. The van der Waals surface area contributed by atoms with Crippen LogP contribution in [0.1, 0.15) is 39.7 Å². The highest BCUT2D eigenvalue weighted by atomic mass is 15.1. The molecule has 0 bridgehead atoms. The number of benzene rings is 1. The van der Waals surface area contributed by atoms with Gasteiger partial charge in [0.1, 0.15) is 0 Å². The van der Waals surface area contributed by atoms with E-state index in [1.165, 1.54) is 17.7 Å². The number of rotatable bonds is 7. The van der Waals surface area contributed by atoms with Crippen LogP contribution in [-0.2, 0) is 6.54 Å². The minimum atomic E-state index is 0.577. The summed E-state index contributed by atoms with van der Waals surface area (Å²) in [6.45, 7) is 11.0. The zero-order valence-corrected chi connectivity index (χ0v) is 12.5. The molecular weight excluding hydrogens is 220 g/mol. The Morgan fingerprint density at radius 1 is 1.17 bits per heavy atom. The van der Waals surface area contributed by atoms with E-state index >= 15 is 0 Å². The molecule has 0 spiro atoms. The summed E-state index contributed by atoms with van der Waals surface area (Å²) in [6, 6.07) is 9.27. The number of nitrogens with zero attached hydrogens (tertiary/aromatic N) is 1. The SMILES string of the molecule is CCNCc1ccccc1N(C)C(C)CC(C)C. The molecule has 1 aromatic rings. The maximum absolute atomic E-state index is 3.41. The van der Waals surface area contributed by atoms with Crippen LogP contribution in [-0.4, -0.2) is 19.6 Å². The maximum Gasteiger partial charge on any atom is 0.0411 e. The van der Waals surface area contributed by atoms with E-state index in [1.807, 2.05) is 0 Å². The average Bonchev–Trinajstić information content (AvgIpc) is 2.35. The van der Waals surface area contributed by atoms with Crippen LogP contribution in [0.4, 0.5) is 5.69 Å². The van der Waals surface area contributed by atoms with Gasteiger partial charge in [-0.25, -0.2) is 0 Å². The Hall–Kier alpha value is -1.02. The molecule has 0 aliphatic heterocycles. The first-order valence-electron chi connectivity index (χ1n) is 7.07. The maximum atomic E-state index is 3.41. The molecule has 0 amide bonds. The Balaban J connectivity index is 2.80. The summed E-state index contributed by atoms with van der Waals surface area (Å²) in [5.74, 6) is 0.739. The van der Waals surface area contributed by atoms with Crippen LogP contribution in [0.5, 0.6) is 0 Å². The van der Waals surface area contributed by atoms with Crippen molar-refractivity contribution in [3.63, 3.8) is 0 Å². The number of hydrogen-bond donors (Lipinski definition) is 1. The highest BCUT2D eigenvalue weighted by molar-refractivity contribution is 5.53. The third-order valence-corrected chi connectivity index (χ3v) is 3.41. The van der Waals surface area contributed by atoms with Gasteiger partial charge in [-0.3, -0.25) is 0 Å². The molecule has 0 aliphatic rings. The molecular formula is C16H28N2. The van der Waals surface area contributed by atoms with Crippen molar-refractivity contribution >= 4 is 5.69 Å². The van der Waals surface area contributed by atoms with Crippen molar-refractivity contribution in [1.29, 1.82) is 0 Å². The first-order chi connectivity index (χ1) is 8.56. The second-order valence-corrected chi connectivity index (χ2v) is 5.50. The van der Waals surface area contributed by atoms with Crippen molar-refractivity contribution in [2.24, 2.45) is 5.92 Å². The van der Waals surface area contributed by atoms with Crippen molar-refractivity contribution < 1.29 is 0 Å². The van der Waals surface area contributed by atoms with E-state index < -0.39 is 0 Å². The smallest absolute Gasteiger partial charge is 0.0411 e. The molecule has 2 nitrogen and oxygen atoms in total. The fourth-order valence-electron chi connectivity index (χ4n) is 2.34. The van der Waals surface area contributed by atoms with Crippen LogP contribution in [0.2, 0.25) is 0 Å². The van der Waals surface area contributed by atoms with Crippen LogP contribution in [0.15, 0.2) is 24.3 Å². The van der Waals surface area contributed by atoms with E-state index in [9.17, 15) is 0 Å². The Kier molecular flexibility index (Phi) is 6.20. The van der Waals surface area contributed by atoms with E-state index in [-0.39, 0.29) is 0 Å². The summed E-state index contributed by atoms with van der Waals surface area (Å²) in [4.78, 5) is 2.41. The molecule has 102 valence electrons. The summed E-state index contributed by atoms with van der Waals surface area (Å²) >= 11 is 0. The lowest BCUT2D eigenvalue weighted by Crippen LogP contribution is -2.31. The molecule has 0 fully saturated rings. The molecule has 0 radical (unpaired) electrons. The number of para-hydroxylation sites is 1. The lowest BCUT2D eigenvalue weighted by Gasteiger charge is -2.30. The Morgan fingerprint density at radius 2 is 1.83 bits per heavy atom. The Bertz CT molecular complexity index is 347. The summed E-state index contributed by atoms with van der Waals surface area (Å²) in [6.07, 6.45) is 1.23. The molecule has 1 atom stereocenters. The molecule has 1 aromatic carbocycles. The summed E-state index contributed by atoms with van der Waals surface area (Å²) in [5.41, 5.74) is 2.74. The first-order valence-corrected chi connectivity index (χ1v) is 7.07. The van der Waals surface area contributed by atoms with Crippen molar-refractivity contribution in [3.05, 3.63) is 29.8 Å². The average molecular weight is 248 g/mol. The second kappa shape index (κ2) is 7.42. The molecule has 1 N–H and O–H groups in total. The van der Waals surface area contributed by atoms with Gasteiger partial charge in [0.2, 0.25) is 0 Å². The fraction of sp³-hybridized carbons (Fsp3) is 0.625. The van der Waals surface area contributed by atoms with Gasteiger partial charge >= 0.3 is 0 Å². The van der Waals surface area contributed by atoms with Gasteiger partial charge in [-0.15, -0.1) is 0 Å². The molecule has 18 heavy (non-hydrogen) atoms. The summed E-state index contributed by atoms with van der Waals surface area (Å²) in [5, 5.41) is 3.41. The molecule has 1 unspecified atom stereocenters. The van der Waals surface area contributed by atoms with Crippen molar-refractivity contribution in [1.82, 2.24) is 5.32 Å². The van der Waals surface area contributed by atoms with Gasteiger partial charge in [0, 0.05) is 25.3 Å². The van der Waals surface area contributed by atoms with Crippen LogP contribution >= 0.6 is 0 Å². The monoisotopic (exact) mass is 248 g/mol. The second-order valence-electron chi connectivity index (χ2n) is 5.50.